The van der Waals surface area contributed by atoms with Crippen LogP contribution in [0.25, 0.3) is 61.1 Å². The van der Waals surface area contributed by atoms with Gasteiger partial charge in [-0.1, -0.05) is 18.2 Å². The average Bonchev–Trinajstić information content (AvgIpc) is 4.16. The van der Waals surface area contributed by atoms with Crippen molar-refractivity contribution in [3.63, 3.8) is 0 Å². The third kappa shape index (κ3) is 9.02. The molecular formula is C43H29N4O24S4+. The molecule has 0 spiro atoms. The van der Waals surface area contributed by atoms with Crippen molar-refractivity contribution in [1.29, 1.82) is 0 Å². The van der Waals surface area contributed by atoms with Gasteiger partial charge in [0.2, 0.25) is 11.5 Å². The number of fused-ring (bicyclic) bond motifs is 8. The van der Waals surface area contributed by atoms with Crippen molar-refractivity contribution in [2.45, 2.75) is 51.8 Å². The molecule has 388 valence electrons. The smallest absolute Gasteiger partial charge is 0.398 e. The van der Waals surface area contributed by atoms with Gasteiger partial charge in [-0.2, -0.15) is 33.7 Å². The van der Waals surface area contributed by atoms with E-state index in [-0.39, 0.29) is 80.1 Å². The Kier molecular flexibility index (Phi) is 11.8. The Balaban J connectivity index is 1.07. The summed E-state index contributed by atoms with van der Waals surface area (Å²) in [6, 6.07) is 8.12. The predicted molar refractivity (Wildman–Crippen MR) is 245 cm³/mol. The van der Waals surface area contributed by atoms with Gasteiger partial charge in [0.1, 0.15) is 28.9 Å². The Morgan fingerprint density at radius 3 is 1.63 bits per heavy atom. The number of aromatic nitrogens is 1. The summed E-state index contributed by atoms with van der Waals surface area (Å²) in [4.78, 5) is 83.5. The molecule has 75 heavy (non-hydrogen) atoms. The monoisotopic (exact) mass is 1110 g/mol. The Morgan fingerprint density at radius 1 is 0.600 bits per heavy atom. The van der Waals surface area contributed by atoms with E-state index in [0.717, 1.165) is 70.1 Å². The lowest BCUT2D eigenvalue weighted by Gasteiger charge is -2.19. The summed E-state index contributed by atoms with van der Waals surface area (Å²) in [6.45, 7) is -1.86. The Morgan fingerprint density at radius 2 is 1.11 bits per heavy atom. The van der Waals surface area contributed by atoms with Crippen molar-refractivity contribution in [3.8, 4) is 5.75 Å². The largest absolute Gasteiger partial charge is 0.456 e. The quantitative estimate of drug-likeness (QED) is 0.0558. The minimum absolute atomic E-state index is 0.126. The number of anilines is 1. The molecule has 4 amide bonds. The molecule has 4 N–H and O–H groups in total. The fourth-order valence-electron chi connectivity index (χ4n) is 8.42. The van der Waals surface area contributed by atoms with E-state index in [4.69, 9.17) is 27.7 Å². The first-order valence-electron chi connectivity index (χ1n) is 21.1. The molecule has 0 radical (unpaired) electrons. The summed E-state index contributed by atoms with van der Waals surface area (Å²) < 4.78 is 166. The number of nitrogens with zero attached hydrogens (tertiary/aromatic N) is 4. The van der Waals surface area contributed by atoms with Crippen LogP contribution in [0.4, 0.5) is 5.69 Å². The molecule has 10 rings (SSSR count). The van der Waals surface area contributed by atoms with E-state index < -0.39 is 143 Å². The molecule has 28 nitrogen and oxygen atoms in total. The van der Waals surface area contributed by atoms with Crippen molar-refractivity contribution >= 4 is 143 Å². The lowest BCUT2D eigenvalue weighted by Crippen LogP contribution is -2.43. The molecule has 32 heteroatoms. The summed E-state index contributed by atoms with van der Waals surface area (Å²) in [5.74, 6) is -7.39. The fourth-order valence-corrected chi connectivity index (χ4v) is 11.1. The number of ether oxygens (including phenoxy) is 1. The lowest BCUT2D eigenvalue weighted by atomic mass is 10.1. The van der Waals surface area contributed by atoms with E-state index >= 15 is 0 Å². The van der Waals surface area contributed by atoms with Gasteiger partial charge >= 0.3 is 17.8 Å². The first-order valence-corrected chi connectivity index (χ1v) is 26.9. The van der Waals surface area contributed by atoms with Crippen molar-refractivity contribution in [2.75, 3.05) is 11.4 Å². The molecule has 0 saturated carbocycles. The zero-order valence-corrected chi connectivity index (χ0v) is 40.4. The number of benzene rings is 4. The van der Waals surface area contributed by atoms with Crippen LogP contribution in [-0.2, 0) is 85.5 Å². The second-order valence-corrected chi connectivity index (χ2v) is 21.9. The summed E-state index contributed by atoms with van der Waals surface area (Å²) in [5.41, 5.74) is -2.15. The predicted octanol–water partition coefficient (Wildman–Crippen LogP) is 3.03. The van der Waals surface area contributed by atoms with Gasteiger partial charge in [-0.25, -0.2) is 9.59 Å². The molecule has 3 aliphatic rings. The summed E-state index contributed by atoms with van der Waals surface area (Å²) >= 11 is 0. The van der Waals surface area contributed by atoms with Gasteiger partial charge in [0.15, 0.2) is 15.5 Å². The number of carbonyl (C=O) groups is 6. The Hall–Kier alpha value is -8.37. The van der Waals surface area contributed by atoms with Gasteiger partial charge in [0, 0.05) is 42.5 Å². The highest BCUT2D eigenvalue weighted by atomic mass is 32.2. The van der Waals surface area contributed by atoms with E-state index in [2.05, 4.69) is 0 Å². The highest BCUT2D eigenvalue weighted by molar-refractivity contribution is 7.87. The molecule has 4 aromatic carbocycles. The molecule has 2 fully saturated rings. The van der Waals surface area contributed by atoms with Gasteiger partial charge < -0.3 is 27.7 Å². The number of carbonyl (C=O) groups excluding carboxylic acids is 6. The topological polar surface area (TPSA) is 401 Å². The van der Waals surface area contributed by atoms with Crippen LogP contribution in [0.2, 0.25) is 0 Å². The van der Waals surface area contributed by atoms with Crippen molar-refractivity contribution in [3.05, 3.63) is 84.6 Å². The number of furan rings is 2. The zero-order chi connectivity index (χ0) is 53.8. The van der Waals surface area contributed by atoms with Crippen molar-refractivity contribution in [2.24, 2.45) is 0 Å². The van der Waals surface area contributed by atoms with Crippen LogP contribution in [0.15, 0.2) is 112 Å². The van der Waals surface area contributed by atoms with Crippen molar-refractivity contribution < 1.29 is 113 Å². The Labute approximate surface area is 417 Å². The van der Waals surface area contributed by atoms with E-state index in [1.807, 2.05) is 0 Å². The molecule has 0 aliphatic carbocycles. The lowest BCUT2D eigenvalue weighted by molar-refractivity contribution is -0.667. The fraction of sp³-hybridized carbons (Fsp3) is 0.140. The maximum atomic E-state index is 13.4. The van der Waals surface area contributed by atoms with Gasteiger partial charge in [0.25, 0.3) is 76.2 Å². The van der Waals surface area contributed by atoms with Gasteiger partial charge in [-0.3, -0.25) is 42.3 Å². The number of oxazole rings is 1. The van der Waals surface area contributed by atoms with Gasteiger partial charge in [0.05, 0.1) is 38.4 Å². The highest BCUT2D eigenvalue weighted by Crippen LogP contribution is 2.50. The van der Waals surface area contributed by atoms with E-state index in [9.17, 15) is 80.6 Å². The van der Waals surface area contributed by atoms with E-state index in [0.29, 0.717) is 0 Å². The number of hydrogen-bond donors (Lipinski definition) is 4. The summed E-state index contributed by atoms with van der Waals surface area (Å²) in [7, 11) is -20.5. The number of hydrogen-bond acceptors (Lipinski definition) is 21. The molecule has 3 aromatic heterocycles. The number of allylic oxidation sites excluding steroid dienone is 4. The number of hydroxylamine groups is 4. The molecular weight excluding hydrogens is 1080 g/mol. The standard InChI is InChI=1S/C43H28N4O24S4/c48-30-10-11-31(49)46(30)70-36(52)18-44-24-16-28-38(22-14-20(72(54,55)56)6-8-26(22)66-28)42(74(60,61)62)40(24)68-34(44)4-2-1-3-5-35-45(19-37(53)71-47-32(50)12-13-33(47)51)25-17-29-39(43(41(25)69-35)75(63,64)65)23-15-21(73(57,58)59)7-9-27(23)67-29/h1-9,14-17H,10-13,18-19H2,(H3-,54,55,56,57,58,59,60,61,62,63,64,65)/p+1. The minimum Gasteiger partial charge on any atom is -0.456 e. The molecule has 3 aliphatic heterocycles. The van der Waals surface area contributed by atoms with Gasteiger partial charge in [-0.05, 0) is 42.5 Å². The molecule has 6 heterocycles. The molecule has 0 atom stereocenters. The Bertz CT molecular complexity index is 4340. The SMILES string of the molecule is O=C(CN1/C(=C/C=C/C=C/c2oc3c(S(=O)(=O)O)c4c(cc3[n+]2CC(=O)ON2C(=O)CCC2=O)oc2ccc(S(=O)(=O)O)cc24)Oc2c1cc1oc3ccc(S(=O)(=O)O)cc3c1c2S(=O)(=O)O)ON1C(=O)CCC1=O. The van der Waals surface area contributed by atoms with E-state index in [1.54, 1.807) is 0 Å². The van der Waals surface area contributed by atoms with Crippen molar-refractivity contribution in [1.82, 2.24) is 10.1 Å². The van der Waals surface area contributed by atoms with Crippen LogP contribution in [0.5, 0.6) is 5.75 Å². The molecule has 2 saturated heterocycles. The highest BCUT2D eigenvalue weighted by Gasteiger charge is 2.41. The third-order valence-electron chi connectivity index (χ3n) is 11.6. The first kappa shape index (κ1) is 50.2. The molecule has 7 aromatic rings. The normalized spacial score (nSPS) is 16.5. The van der Waals surface area contributed by atoms with Crippen LogP contribution < -0.4 is 14.2 Å². The van der Waals surface area contributed by atoms with Crippen LogP contribution in [-0.4, -0.2) is 104 Å². The summed E-state index contributed by atoms with van der Waals surface area (Å²) in [5, 5.41) is -0.833. The van der Waals surface area contributed by atoms with Gasteiger partial charge in [-0.15, -0.1) is 14.7 Å². The number of amides is 4. The first-order chi connectivity index (χ1) is 35.2. The maximum absolute atomic E-state index is 13.4. The zero-order valence-electron chi connectivity index (χ0n) is 37.1. The maximum Gasteiger partial charge on any atom is 0.398 e. The number of rotatable bonds is 13. The van der Waals surface area contributed by atoms with Crippen LogP contribution >= 0.6 is 0 Å². The second-order valence-electron chi connectivity index (χ2n) is 16.3. The number of imide groups is 2. The minimum atomic E-state index is -5.38. The second kappa shape index (κ2) is 17.6. The summed E-state index contributed by atoms with van der Waals surface area (Å²) in [6.07, 6.45) is 4.75. The third-order valence-corrected chi connectivity index (χ3v) is 15.1. The molecule has 0 unspecified atom stereocenters. The van der Waals surface area contributed by atoms with Crippen LogP contribution in [0, 0.1) is 0 Å². The van der Waals surface area contributed by atoms with E-state index in [1.165, 1.54) is 18.2 Å². The molecule has 0 bridgehead atoms. The van der Waals surface area contributed by atoms with Crippen LogP contribution in [0.3, 0.4) is 0 Å². The average molecular weight is 1110 g/mol. The van der Waals surface area contributed by atoms with Crippen LogP contribution in [0.1, 0.15) is 31.6 Å².